The van der Waals surface area contributed by atoms with E-state index in [9.17, 15) is 9.50 Å². The number of aliphatic hydroxyl groups excluding tert-OH is 1. The molecule has 0 saturated heterocycles. The predicted octanol–water partition coefficient (Wildman–Crippen LogP) is 3.21. The summed E-state index contributed by atoms with van der Waals surface area (Å²) < 4.78 is 28.9. The maximum Gasteiger partial charge on any atom is 0.155 e. The van der Waals surface area contributed by atoms with Crippen molar-refractivity contribution in [3.63, 3.8) is 0 Å². The Morgan fingerprint density at radius 2 is 2.12 bits per heavy atom. The van der Waals surface area contributed by atoms with E-state index in [2.05, 4.69) is 21.0 Å². The van der Waals surface area contributed by atoms with Gasteiger partial charge in [0.25, 0.3) is 0 Å². The van der Waals surface area contributed by atoms with Gasteiger partial charge in [0.15, 0.2) is 5.17 Å². The number of aromatic nitrogens is 2. The van der Waals surface area contributed by atoms with E-state index in [0.717, 1.165) is 10.9 Å². The zero-order valence-electron chi connectivity index (χ0n) is 16.9. The van der Waals surface area contributed by atoms with E-state index in [1.165, 1.54) is 24.0 Å². The third kappa shape index (κ3) is 3.14. The van der Waals surface area contributed by atoms with E-state index in [1.54, 1.807) is 30.5 Å². The van der Waals surface area contributed by atoms with Crippen LogP contribution in [-0.4, -0.2) is 38.3 Å². The van der Waals surface area contributed by atoms with Crippen LogP contribution >= 0.6 is 11.8 Å². The summed E-state index contributed by atoms with van der Waals surface area (Å²) in [4.78, 5) is 13.2. The quantitative estimate of drug-likeness (QED) is 0.617. The van der Waals surface area contributed by atoms with Gasteiger partial charge in [-0.25, -0.2) is 13.8 Å². The number of hydrogen-bond acceptors (Lipinski definition) is 7. The minimum atomic E-state index is -1.45. The summed E-state index contributed by atoms with van der Waals surface area (Å²) in [6.07, 6.45) is 3.98. The molecule has 1 fully saturated rings. The van der Waals surface area contributed by atoms with Crippen LogP contribution < -0.4 is 5.73 Å². The number of pyridine rings is 2. The molecule has 1 aliphatic heterocycles. The molecule has 162 valence electrons. The fourth-order valence-electron chi connectivity index (χ4n) is 4.68. The molecule has 5 rings (SSSR count). The number of hydrogen-bond donors (Lipinski definition) is 2. The van der Waals surface area contributed by atoms with E-state index in [4.69, 9.17) is 11.0 Å². The normalized spacial score (nSPS) is 26.3. The lowest BCUT2D eigenvalue weighted by Crippen LogP contribution is -2.41. The van der Waals surface area contributed by atoms with Crippen LogP contribution in [0.2, 0.25) is 0 Å². The number of thioether (sulfide) groups is 1. The lowest BCUT2D eigenvalue weighted by Gasteiger charge is -2.34. The van der Waals surface area contributed by atoms with E-state index in [1.807, 2.05) is 0 Å². The highest BCUT2D eigenvalue weighted by molar-refractivity contribution is 8.15. The average Bonchev–Trinajstić information content (AvgIpc) is 3.55. The Morgan fingerprint density at radius 1 is 1.28 bits per heavy atom. The molecule has 0 amide bonds. The van der Waals surface area contributed by atoms with E-state index < -0.39 is 22.8 Å². The van der Waals surface area contributed by atoms with Crippen molar-refractivity contribution in [2.24, 2.45) is 16.6 Å². The fraction of sp³-hybridized carbons (Fsp3) is 0.304. The number of rotatable bonds is 5. The largest absolute Gasteiger partial charge is 0.395 e. The van der Waals surface area contributed by atoms with Crippen LogP contribution in [0.4, 0.5) is 8.78 Å². The molecular formula is C23H19F2N5OS. The Kier molecular flexibility index (Phi) is 4.87. The third-order valence-electron chi connectivity index (χ3n) is 6.36. The zero-order chi connectivity index (χ0) is 22.5. The van der Waals surface area contributed by atoms with Crippen LogP contribution in [0.15, 0.2) is 47.7 Å². The summed E-state index contributed by atoms with van der Waals surface area (Å²) in [6.45, 7) is -1.08. The Bertz CT molecular complexity index is 1310. The van der Waals surface area contributed by atoms with Gasteiger partial charge in [-0.05, 0) is 36.2 Å². The molecule has 3 aromatic rings. The fourth-order valence-corrected chi connectivity index (χ4v) is 5.95. The highest BCUT2D eigenvalue weighted by atomic mass is 32.2. The van der Waals surface area contributed by atoms with Crippen LogP contribution in [0.25, 0.3) is 10.9 Å². The SMILES string of the molecule is N#Cc1cnc2c(Cc3ccc(F)c([C@@]4(CF)N=C(N)S[C@@]5(CO)C[C@H]54)c3)nccc2c1. The zero-order valence-corrected chi connectivity index (χ0v) is 17.7. The van der Waals surface area contributed by atoms with E-state index in [-0.39, 0.29) is 23.3 Å². The van der Waals surface area contributed by atoms with Gasteiger partial charge in [0.05, 0.1) is 28.1 Å². The minimum absolute atomic E-state index is 0.140. The Balaban J connectivity index is 1.57. The lowest BCUT2D eigenvalue weighted by molar-refractivity contribution is 0.231. The number of alkyl halides is 1. The van der Waals surface area contributed by atoms with Gasteiger partial charge in [-0.2, -0.15) is 5.26 Å². The molecule has 9 heteroatoms. The standard InChI is InChI=1S/C23H19F2N5OS/c24-11-23(19-8-22(19,12-31)32-21(27)30-23)16-6-13(1-2-17(16)25)7-18-20-15(3-4-28-18)5-14(9-26)10-29-20/h1-6,10,19,31H,7-8,11-12H2,(H2,27,30)/t19-,22-,23-/m1/s1. The first-order valence-corrected chi connectivity index (χ1v) is 10.9. The van der Waals surface area contributed by atoms with Crippen molar-refractivity contribution in [3.05, 3.63) is 70.9 Å². The molecule has 0 bridgehead atoms. The average molecular weight is 452 g/mol. The van der Waals surface area contributed by atoms with Gasteiger partial charge in [-0.3, -0.25) is 9.97 Å². The maximum absolute atomic E-state index is 15.0. The second kappa shape index (κ2) is 7.50. The van der Waals surface area contributed by atoms with Crippen LogP contribution in [0, 0.1) is 23.1 Å². The van der Waals surface area contributed by atoms with Crippen LogP contribution in [0.5, 0.6) is 0 Å². The molecule has 32 heavy (non-hydrogen) atoms. The molecule has 3 atom stereocenters. The predicted molar refractivity (Wildman–Crippen MR) is 118 cm³/mol. The molecule has 3 heterocycles. The van der Waals surface area contributed by atoms with Crippen molar-refractivity contribution in [1.82, 2.24) is 9.97 Å². The number of fused-ring (bicyclic) bond motifs is 2. The minimum Gasteiger partial charge on any atom is -0.395 e. The molecule has 0 radical (unpaired) electrons. The second-order valence-corrected chi connectivity index (χ2v) is 9.68. The van der Waals surface area contributed by atoms with Gasteiger partial charge in [0.1, 0.15) is 24.1 Å². The molecular weight excluding hydrogens is 432 g/mol. The summed E-state index contributed by atoms with van der Waals surface area (Å²) >= 11 is 1.24. The van der Waals surface area contributed by atoms with Gasteiger partial charge < -0.3 is 10.8 Å². The number of benzene rings is 1. The summed E-state index contributed by atoms with van der Waals surface area (Å²) in [5.41, 5.74) is 7.14. The molecule has 6 nitrogen and oxygen atoms in total. The van der Waals surface area contributed by atoms with Gasteiger partial charge >= 0.3 is 0 Å². The summed E-state index contributed by atoms with van der Waals surface area (Å²) in [6, 6.07) is 10.1. The molecule has 0 spiro atoms. The second-order valence-electron chi connectivity index (χ2n) is 8.25. The molecule has 1 aliphatic carbocycles. The number of aliphatic hydroxyl groups is 1. The molecule has 1 saturated carbocycles. The van der Waals surface area contributed by atoms with Crippen LogP contribution in [0.1, 0.15) is 28.8 Å². The number of aliphatic imine (C=N–C) groups is 1. The summed E-state index contributed by atoms with van der Waals surface area (Å²) in [5.74, 6) is -0.898. The highest BCUT2D eigenvalue weighted by Crippen LogP contribution is 2.65. The molecule has 3 N–H and O–H groups in total. The highest BCUT2D eigenvalue weighted by Gasteiger charge is 2.68. The Hall–Kier alpha value is -3.09. The third-order valence-corrected chi connectivity index (χ3v) is 7.65. The first kappa shape index (κ1) is 20.8. The molecule has 2 aliphatic rings. The number of amidine groups is 1. The van der Waals surface area contributed by atoms with Gasteiger partial charge in [0.2, 0.25) is 0 Å². The number of nitriles is 1. The molecule has 2 aromatic heterocycles. The van der Waals surface area contributed by atoms with Crippen LogP contribution in [-0.2, 0) is 12.0 Å². The smallest absolute Gasteiger partial charge is 0.155 e. The van der Waals surface area contributed by atoms with Crippen molar-refractivity contribution in [1.29, 1.82) is 5.26 Å². The first-order chi connectivity index (χ1) is 15.4. The number of halogens is 2. The van der Waals surface area contributed by atoms with Crippen molar-refractivity contribution >= 4 is 27.8 Å². The van der Waals surface area contributed by atoms with Crippen molar-refractivity contribution in [2.45, 2.75) is 23.1 Å². The van der Waals surface area contributed by atoms with Crippen molar-refractivity contribution in [3.8, 4) is 6.07 Å². The topological polar surface area (TPSA) is 108 Å². The van der Waals surface area contributed by atoms with Gasteiger partial charge in [-0.15, -0.1) is 0 Å². The first-order valence-electron chi connectivity index (χ1n) is 10.1. The molecule has 1 aromatic carbocycles. The molecule has 0 unspecified atom stereocenters. The Labute approximate surface area is 187 Å². The van der Waals surface area contributed by atoms with Crippen LogP contribution in [0.3, 0.4) is 0 Å². The summed E-state index contributed by atoms with van der Waals surface area (Å²) in [7, 11) is 0. The summed E-state index contributed by atoms with van der Waals surface area (Å²) in [5, 5.41) is 19.9. The van der Waals surface area contributed by atoms with Crippen molar-refractivity contribution < 1.29 is 13.9 Å². The van der Waals surface area contributed by atoms with Gasteiger partial charge in [-0.1, -0.05) is 17.8 Å². The Morgan fingerprint density at radius 3 is 2.88 bits per heavy atom. The van der Waals surface area contributed by atoms with Crippen molar-refractivity contribution in [2.75, 3.05) is 13.3 Å². The maximum atomic E-state index is 15.0. The number of nitrogens with zero attached hydrogens (tertiary/aromatic N) is 4. The van der Waals surface area contributed by atoms with E-state index >= 15 is 4.39 Å². The number of nitrogens with two attached hydrogens (primary N) is 1. The van der Waals surface area contributed by atoms with Gasteiger partial charge in [0, 0.05) is 35.7 Å². The monoisotopic (exact) mass is 451 g/mol. The van der Waals surface area contributed by atoms with E-state index in [0.29, 0.717) is 29.6 Å². The lowest BCUT2D eigenvalue weighted by atomic mass is 9.83.